The molecule has 2 aromatic heterocycles. The number of pyridine rings is 1. The lowest BCUT2D eigenvalue weighted by Gasteiger charge is -2.11. The lowest BCUT2D eigenvalue weighted by atomic mass is 10.2. The molecule has 3 aromatic rings. The van der Waals surface area contributed by atoms with Gasteiger partial charge < -0.3 is 20.1 Å². The van der Waals surface area contributed by atoms with E-state index in [4.69, 9.17) is 9.47 Å². The highest BCUT2D eigenvalue weighted by Gasteiger charge is 2.11. The predicted molar refractivity (Wildman–Crippen MR) is 118 cm³/mol. The van der Waals surface area contributed by atoms with Gasteiger partial charge in [-0.05, 0) is 24.6 Å². The maximum atomic E-state index is 12.7. The van der Waals surface area contributed by atoms with E-state index in [0.29, 0.717) is 54.0 Å². The largest absolute Gasteiger partial charge is 0.493 e. The maximum absolute atomic E-state index is 12.7. The Kier molecular flexibility index (Phi) is 7.74. The molecule has 0 aliphatic heterocycles. The van der Waals surface area contributed by atoms with Crippen LogP contribution in [0.5, 0.6) is 11.5 Å². The fourth-order valence-corrected chi connectivity index (χ4v) is 3.12. The van der Waals surface area contributed by atoms with Crippen molar-refractivity contribution in [1.29, 1.82) is 0 Å². The highest BCUT2D eigenvalue weighted by atomic mass is 16.5. The van der Waals surface area contributed by atoms with Gasteiger partial charge >= 0.3 is 0 Å². The first kappa shape index (κ1) is 22.7. The molecule has 10 nitrogen and oxygen atoms in total. The molecule has 0 saturated carbocycles. The Labute approximate surface area is 184 Å². The van der Waals surface area contributed by atoms with Gasteiger partial charge in [0.25, 0.3) is 11.5 Å². The predicted octanol–water partition coefficient (Wildman–Crippen LogP) is 1.14. The Hall–Kier alpha value is -3.95. The zero-order valence-corrected chi connectivity index (χ0v) is 18.0. The first-order valence-electron chi connectivity index (χ1n) is 10.1. The van der Waals surface area contributed by atoms with E-state index in [1.807, 2.05) is 0 Å². The molecule has 0 aliphatic rings. The van der Waals surface area contributed by atoms with Crippen LogP contribution >= 0.6 is 0 Å². The second kappa shape index (κ2) is 10.9. The van der Waals surface area contributed by atoms with E-state index in [1.165, 1.54) is 31.3 Å². The summed E-state index contributed by atoms with van der Waals surface area (Å²) in [6, 6.07) is 6.60. The molecular formula is C22H25N5O5. The van der Waals surface area contributed by atoms with Gasteiger partial charge in [-0.2, -0.15) is 0 Å². The number of nitrogens with zero attached hydrogens (tertiary/aromatic N) is 3. The van der Waals surface area contributed by atoms with Gasteiger partial charge in [0.2, 0.25) is 5.91 Å². The first-order valence-corrected chi connectivity index (χ1v) is 10.1. The number of aromatic nitrogens is 3. The standard InChI is InChI=1S/C22H25N5O5/c1-31-18-11-16-17(12-19(18)32-2)26-14-27(22(16)30)10-4-6-20(28)24-8-9-25-21(29)15-5-3-7-23-13-15/h3,5,7,11-14H,4,6,8-10H2,1-2H3,(H,24,28)(H,25,29). The Morgan fingerprint density at radius 3 is 2.56 bits per heavy atom. The summed E-state index contributed by atoms with van der Waals surface area (Å²) in [4.78, 5) is 44.9. The second-order valence-electron chi connectivity index (χ2n) is 6.92. The fourth-order valence-electron chi connectivity index (χ4n) is 3.12. The average molecular weight is 439 g/mol. The molecule has 168 valence electrons. The number of hydrogen-bond acceptors (Lipinski definition) is 7. The van der Waals surface area contributed by atoms with Gasteiger partial charge in [-0.3, -0.25) is 23.9 Å². The van der Waals surface area contributed by atoms with Crippen LogP contribution in [0.1, 0.15) is 23.2 Å². The number of carbonyl (C=O) groups excluding carboxylic acids is 2. The van der Waals surface area contributed by atoms with Crippen molar-refractivity contribution in [2.75, 3.05) is 27.3 Å². The highest BCUT2D eigenvalue weighted by molar-refractivity contribution is 5.93. The van der Waals surface area contributed by atoms with Crippen LogP contribution in [0.3, 0.4) is 0 Å². The minimum Gasteiger partial charge on any atom is -0.493 e. The zero-order valence-electron chi connectivity index (χ0n) is 18.0. The molecule has 10 heteroatoms. The zero-order chi connectivity index (χ0) is 22.9. The Bertz CT molecular complexity index is 1150. The molecule has 0 atom stereocenters. The Morgan fingerprint density at radius 1 is 1.09 bits per heavy atom. The molecule has 0 unspecified atom stereocenters. The summed E-state index contributed by atoms with van der Waals surface area (Å²) in [6.45, 7) is 0.962. The van der Waals surface area contributed by atoms with Gasteiger partial charge in [-0.1, -0.05) is 0 Å². The van der Waals surface area contributed by atoms with Crippen molar-refractivity contribution in [3.05, 3.63) is 58.9 Å². The van der Waals surface area contributed by atoms with Crippen LogP contribution in [0.2, 0.25) is 0 Å². The number of aryl methyl sites for hydroxylation is 1. The quantitative estimate of drug-likeness (QED) is 0.454. The molecule has 0 bridgehead atoms. The molecule has 0 aliphatic carbocycles. The first-order chi connectivity index (χ1) is 15.5. The van der Waals surface area contributed by atoms with Crippen molar-refractivity contribution in [2.45, 2.75) is 19.4 Å². The molecule has 3 rings (SSSR count). The van der Waals surface area contributed by atoms with Gasteiger partial charge in [0.1, 0.15) is 0 Å². The molecule has 2 amide bonds. The van der Waals surface area contributed by atoms with E-state index in [0.717, 1.165) is 0 Å². The van der Waals surface area contributed by atoms with Crippen LogP contribution in [0, 0.1) is 0 Å². The molecular weight excluding hydrogens is 414 g/mol. The van der Waals surface area contributed by atoms with Crippen molar-refractivity contribution in [3.63, 3.8) is 0 Å². The summed E-state index contributed by atoms with van der Waals surface area (Å²) >= 11 is 0. The molecule has 2 N–H and O–H groups in total. The topological polar surface area (TPSA) is 124 Å². The van der Waals surface area contributed by atoms with E-state index in [-0.39, 0.29) is 23.8 Å². The summed E-state index contributed by atoms with van der Waals surface area (Å²) in [7, 11) is 3.02. The number of amides is 2. The molecule has 0 saturated heterocycles. The maximum Gasteiger partial charge on any atom is 0.261 e. The van der Waals surface area contributed by atoms with Gasteiger partial charge in [0.15, 0.2) is 11.5 Å². The van der Waals surface area contributed by atoms with Crippen molar-refractivity contribution >= 4 is 22.7 Å². The Balaban J connectivity index is 1.46. The van der Waals surface area contributed by atoms with E-state index in [2.05, 4.69) is 20.6 Å². The molecule has 32 heavy (non-hydrogen) atoms. The van der Waals surface area contributed by atoms with Crippen molar-refractivity contribution in [2.24, 2.45) is 0 Å². The summed E-state index contributed by atoms with van der Waals surface area (Å²) in [5.41, 5.74) is 0.758. The van der Waals surface area contributed by atoms with Crippen LogP contribution in [0.25, 0.3) is 10.9 Å². The monoisotopic (exact) mass is 439 g/mol. The number of rotatable bonds is 10. The van der Waals surface area contributed by atoms with Crippen LogP contribution in [-0.4, -0.2) is 53.7 Å². The van der Waals surface area contributed by atoms with E-state index in [9.17, 15) is 14.4 Å². The number of nitrogens with one attached hydrogen (secondary N) is 2. The van der Waals surface area contributed by atoms with Crippen LogP contribution < -0.4 is 25.7 Å². The highest BCUT2D eigenvalue weighted by Crippen LogP contribution is 2.29. The van der Waals surface area contributed by atoms with Crippen molar-refractivity contribution < 1.29 is 19.1 Å². The summed E-state index contributed by atoms with van der Waals surface area (Å²) in [5.74, 6) is 0.545. The second-order valence-corrected chi connectivity index (χ2v) is 6.92. The smallest absolute Gasteiger partial charge is 0.261 e. The summed E-state index contributed by atoms with van der Waals surface area (Å²) in [6.07, 6.45) is 5.24. The Morgan fingerprint density at radius 2 is 1.84 bits per heavy atom. The minimum atomic E-state index is -0.246. The van der Waals surface area contributed by atoms with Crippen LogP contribution in [0.4, 0.5) is 0 Å². The number of methoxy groups -OCH3 is 2. The normalized spacial score (nSPS) is 10.6. The van der Waals surface area contributed by atoms with Gasteiger partial charge in [0.05, 0.1) is 37.0 Å². The van der Waals surface area contributed by atoms with Gasteiger partial charge in [-0.15, -0.1) is 0 Å². The number of benzene rings is 1. The summed E-state index contributed by atoms with van der Waals surface area (Å²) < 4.78 is 12.0. The molecule has 2 heterocycles. The van der Waals surface area contributed by atoms with Crippen molar-refractivity contribution in [3.8, 4) is 11.5 Å². The van der Waals surface area contributed by atoms with Gasteiger partial charge in [0, 0.05) is 44.5 Å². The summed E-state index contributed by atoms with van der Waals surface area (Å²) in [5, 5.41) is 5.87. The van der Waals surface area contributed by atoms with E-state index < -0.39 is 0 Å². The third kappa shape index (κ3) is 5.60. The molecule has 0 fully saturated rings. The van der Waals surface area contributed by atoms with E-state index >= 15 is 0 Å². The molecule has 1 aromatic carbocycles. The average Bonchev–Trinajstić information content (AvgIpc) is 2.83. The number of hydrogen-bond donors (Lipinski definition) is 2. The molecule has 0 radical (unpaired) electrons. The third-order valence-corrected chi connectivity index (χ3v) is 4.79. The third-order valence-electron chi connectivity index (χ3n) is 4.79. The van der Waals surface area contributed by atoms with Crippen molar-refractivity contribution in [1.82, 2.24) is 25.2 Å². The lowest BCUT2D eigenvalue weighted by Crippen LogP contribution is -2.34. The SMILES string of the molecule is COc1cc2ncn(CCCC(=O)NCCNC(=O)c3cccnc3)c(=O)c2cc1OC. The number of fused-ring (bicyclic) bond motifs is 1. The number of carbonyl (C=O) groups is 2. The molecule has 0 spiro atoms. The van der Waals surface area contributed by atoms with Crippen LogP contribution in [-0.2, 0) is 11.3 Å². The lowest BCUT2D eigenvalue weighted by molar-refractivity contribution is -0.121. The minimum absolute atomic E-state index is 0.158. The van der Waals surface area contributed by atoms with Gasteiger partial charge in [-0.25, -0.2) is 4.98 Å². The number of ether oxygens (including phenoxy) is 2. The fraction of sp³-hybridized carbons (Fsp3) is 0.318. The van der Waals surface area contributed by atoms with Crippen LogP contribution in [0.15, 0.2) is 47.8 Å². The van der Waals surface area contributed by atoms with E-state index in [1.54, 1.807) is 30.5 Å².